The zero-order chi connectivity index (χ0) is 15.7. The first-order valence-electron chi connectivity index (χ1n) is 6.32. The molecule has 0 spiro atoms. The number of rotatable bonds is 2. The van der Waals surface area contributed by atoms with Crippen molar-refractivity contribution in [2.75, 3.05) is 5.73 Å². The van der Waals surface area contributed by atoms with E-state index in [9.17, 15) is 13.2 Å². The van der Waals surface area contributed by atoms with Crippen LogP contribution in [0.25, 0.3) is 22.8 Å². The lowest BCUT2D eigenvalue weighted by Crippen LogP contribution is -2.07. The molecule has 0 radical (unpaired) electrons. The topological polar surface area (TPSA) is 64.9 Å². The normalized spacial score (nSPS) is 11.6. The van der Waals surface area contributed by atoms with Gasteiger partial charge in [0.1, 0.15) is 0 Å². The van der Waals surface area contributed by atoms with Gasteiger partial charge in [0, 0.05) is 11.3 Å². The molecule has 0 aliphatic rings. The third-order valence-electron chi connectivity index (χ3n) is 3.09. The van der Waals surface area contributed by atoms with E-state index >= 15 is 0 Å². The Morgan fingerprint density at radius 1 is 0.909 bits per heavy atom. The molecule has 0 fully saturated rings. The van der Waals surface area contributed by atoms with E-state index in [1.165, 1.54) is 18.2 Å². The number of anilines is 1. The number of nitrogen functional groups attached to an aromatic ring is 1. The third-order valence-corrected chi connectivity index (χ3v) is 3.09. The van der Waals surface area contributed by atoms with Crippen molar-refractivity contribution in [3.05, 3.63) is 54.1 Å². The van der Waals surface area contributed by atoms with Gasteiger partial charge >= 0.3 is 6.18 Å². The van der Waals surface area contributed by atoms with Crippen LogP contribution in [0, 0.1) is 0 Å². The lowest BCUT2D eigenvalue weighted by molar-refractivity contribution is -0.137. The number of para-hydroxylation sites is 1. The second-order valence-corrected chi connectivity index (χ2v) is 4.55. The van der Waals surface area contributed by atoms with Crippen molar-refractivity contribution in [3.63, 3.8) is 0 Å². The van der Waals surface area contributed by atoms with Gasteiger partial charge in [0.25, 0.3) is 5.89 Å². The van der Waals surface area contributed by atoms with Crippen molar-refractivity contribution in [1.82, 2.24) is 10.1 Å². The predicted molar refractivity (Wildman–Crippen MR) is 74.6 cm³/mol. The van der Waals surface area contributed by atoms with Gasteiger partial charge in [-0.05, 0) is 18.2 Å². The summed E-state index contributed by atoms with van der Waals surface area (Å²) in [6.07, 6.45) is -4.50. The average Bonchev–Trinajstić information content (AvgIpc) is 2.96. The monoisotopic (exact) mass is 305 g/mol. The Morgan fingerprint density at radius 2 is 1.55 bits per heavy atom. The lowest BCUT2D eigenvalue weighted by atomic mass is 10.1. The second kappa shape index (κ2) is 5.18. The van der Waals surface area contributed by atoms with Gasteiger partial charge in [0.2, 0.25) is 5.82 Å². The fourth-order valence-electron chi connectivity index (χ4n) is 2.06. The second-order valence-electron chi connectivity index (χ2n) is 4.55. The molecule has 2 aromatic carbocycles. The van der Waals surface area contributed by atoms with Crippen LogP contribution in [0.1, 0.15) is 5.56 Å². The fourth-order valence-corrected chi connectivity index (χ4v) is 2.06. The quantitative estimate of drug-likeness (QED) is 0.727. The highest BCUT2D eigenvalue weighted by Gasteiger charge is 2.34. The number of nitrogens with zero attached hydrogens (tertiary/aromatic N) is 2. The Labute approximate surface area is 123 Å². The van der Waals surface area contributed by atoms with E-state index in [-0.39, 0.29) is 17.3 Å². The average molecular weight is 305 g/mol. The Bertz CT molecular complexity index is 812. The summed E-state index contributed by atoms with van der Waals surface area (Å²) in [4.78, 5) is 4.03. The Balaban J connectivity index is 2.08. The van der Waals surface area contributed by atoms with Crippen molar-refractivity contribution in [1.29, 1.82) is 0 Å². The van der Waals surface area contributed by atoms with E-state index in [1.807, 2.05) is 0 Å². The third kappa shape index (κ3) is 2.52. The summed E-state index contributed by atoms with van der Waals surface area (Å²) >= 11 is 0. The van der Waals surface area contributed by atoms with Crippen LogP contribution >= 0.6 is 0 Å². The molecular formula is C15H10F3N3O. The first-order chi connectivity index (χ1) is 10.5. The highest BCUT2D eigenvalue weighted by atomic mass is 19.4. The van der Waals surface area contributed by atoms with Gasteiger partial charge in [-0.1, -0.05) is 35.5 Å². The van der Waals surface area contributed by atoms with E-state index in [2.05, 4.69) is 10.1 Å². The molecule has 1 aromatic heterocycles. The van der Waals surface area contributed by atoms with Gasteiger partial charge in [-0.3, -0.25) is 0 Å². The predicted octanol–water partition coefficient (Wildman–Crippen LogP) is 4.00. The van der Waals surface area contributed by atoms with Crippen LogP contribution in [-0.4, -0.2) is 10.1 Å². The molecule has 4 nitrogen and oxygen atoms in total. The summed E-state index contributed by atoms with van der Waals surface area (Å²) in [6.45, 7) is 0. The molecule has 7 heteroatoms. The molecule has 0 saturated carbocycles. The van der Waals surface area contributed by atoms with Crippen LogP contribution in [0.5, 0.6) is 0 Å². The van der Waals surface area contributed by atoms with Gasteiger partial charge in [-0.25, -0.2) is 0 Å². The van der Waals surface area contributed by atoms with Crippen LogP contribution in [0.3, 0.4) is 0 Å². The van der Waals surface area contributed by atoms with Crippen LogP contribution in [-0.2, 0) is 6.18 Å². The van der Waals surface area contributed by atoms with E-state index in [0.29, 0.717) is 11.3 Å². The number of nitrogens with two attached hydrogens (primary N) is 1. The molecule has 0 saturated heterocycles. The number of alkyl halides is 3. The molecule has 2 N–H and O–H groups in total. The molecule has 112 valence electrons. The smallest absolute Gasteiger partial charge is 0.398 e. The van der Waals surface area contributed by atoms with Crippen LogP contribution in [0.2, 0.25) is 0 Å². The molecule has 3 rings (SSSR count). The Morgan fingerprint density at radius 3 is 2.23 bits per heavy atom. The van der Waals surface area contributed by atoms with Gasteiger partial charge in [0.05, 0.1) is 11.1 Å². The van der Waals surface area contributed by atoms with E-state index in [0.717, 1.165) is 6.07 Å². The summed E-state index contributed by atoms with van der Waals surface area (Å²) in [5.74, 6) is -0.0590. The number of hydrogen-bond donors (Lipinski definition) is 1. The van der Waals surface area contributed by atoms with Gasteiger partial charge in [0.15, 0.2) is 0 Å². The van der Waals surface area contributed by atoms with Crippen LogP contribution in [0.4, 0.5) is 18.9 Å². The summed E-state index contributed by atoms with van der Waals surface area (Å²) in [5.41, 5.74) is 5.72. The molecular weight excluding hydrogens is 295 g/mol. The van der Waals surface area contributed by atoms with E-state index in [4.69, 9.17) is 10.3 Å². The molecule has 0 aliphatic carbocycles. The number of halogens is 3. The number of benzene rings is 2. The van der Waals surface area contributed by atoms with Crippen molar-refractivity contribution in [3.8, 4) is 22.8 Å². The summed E-state index contributed by atoms with van der Waals surface area (Å²) in [6, 6.07) is 11.8. The molecule has 0 unspecified atom stereocenters. The lowest BCUT2D eigenvalue weighted by Gasteiger charge is -2.09. The first-order valence-corrected chi connectivity index (χ1v) is 6.32. The maximum atomic E-state index is 13.0. The minimum atomic E-state index is -4.50. The maximum absolute atomic E-state index is 13.0. The maximum Gasteiger partial charge on any atom is 0.417 e. The van der Waals surface area contributed by atoms with Crippen molar-refractivity contribution >= 4 is 5.69 Å². The molecule has 0 aliphatic heterocycles. The van der Waals surface area contributed by atoms with Crippen molar-refractivity contribution in [2.45, 2.75) is 6.18 Å². The number of hydrogen-bond acceptors (Lipinski definition) is 4. The van der Waals surface area contributed by atoms with E-state index in [1.54, 1.807) is 24.3 Å². The molecule has 0 amide bonds. The zero-order valence-corrected chi connectivity index (χ0v) is 11.1. The first kappa shape index (κ1) is 14.1. The molecule has 0 bridgehead atoms. The Hall–Kier alpha value is -2.83. The zero-order valence-electron chi connectivity index (χ0n) is 11.1. The minimum Gasteiger partial charge on any atom is -0.398 e. The van der Waals surface area contributed by atoms with Gasteiger partial charge in [-0.15, -0.1) is 0 Å². The highest BCUT2D eigenvalue weighted by Crippen LogP contribution is 2.36. The standard InChI is InChI=1S/C15H10F3N3O/c16-15(17,18)11-7-3-1-5-9(11)13-20-14(22-21-13)10-6-2-4-8-12(10)19/h1-8H,19H2. The minimum absolute atomic E-state index is 0.0741. The fraction of sp³-hybridized carbons (Fsp3) is 0.0667. The van der Waals surface area contributed by atoms with E-state index < -0.39 is 11.7 Å². The molecule has 3 aromatic rings. The molecule has 1 heterocycles. The highest BCUT2D eigenvalue weighted by molar-refractivity contribution is 5.71. The summed E-state index contributed by atoms with van der Waals surface area (Å²) in [5, 5.41) is 3.64. The van der Waals surface area contributed by atoms with Gasteiger partial charge < -0.3 is 10.3 Å². The number of aromatic nitrogens is 2. The largest absolute Gasteiger partial charge is 0.417 e. The summed E-state index contributed by atoms with van der Waals surface area (Å²) < 4.78 is 44.1. The van der Waals surface area contributed by atoms with Crippen molar-refractivity contribution < 1.29 is 17.7 Å². The van der Waals surface area contributed by atoms with Crippen molar-refractivity contribution in [2.24, 2.45) is 0 Å². The van der Waals surface area contributed by atoms with Crippen LogP contribution in [0.15, 0.2) is 53.1 Å². The van der Waals surface area contributed by atoms with Crippen LogP contribution < -0.4 is 5.73 Å². The van der Waals surface area contributed by atoms with Gasteiger partial charge in [-0.2, -0.15) is 18.2 Å². The SMILES string of the molecule is Nc1ccccc1-c1nc(-c2ccccc2C(F)(F)F)no1. The summed E-state index contributed by atoms with van der Waals surface area (Å²) in [7, 11) is 0. The molecule has 0 atom stereocenters. The Kier molecular flexibility index (Phi) is 3.32. The molecule has 22 heavy (non-hydrogen) atoms.